The Morgan fingerprint density at radius 1 is 1.27 bits per heavy atom. The number of phenols is 2. The van der Waals surface area contributed by atoms with E-state index in [-0.39, 0.29) is 12.0 Å². The van der Waals surface area contributed by atoms with Gasteiger partial charge in [0.25, 0.3) is 0 Å². The van der Waals surface area contributed by atoms with Crippen molar-refractivity contribution in [3.8, 4) is 11.5 Å². The van der Waals surface area contributed by atoms with Crippen LogP contribution in [-0.2, 0) is 6.42 Å². The molecule has 0 amide bonds. The van der Waals surface area contributed by atoms with Crippen LogP contribution in [-0.4, -0.2) is 15.8 Å². The number of rotatable bonds is 2. The first-order valence-corrected chi connectivity index (χ1v) is 4.40. The van der Waals surface area contributed by atoms with E-state index in [0.29, 0.717) is 0 Å². The Hall–Kier alpha value is -1.36. The van der Waals surface area contributed by atoms with Crippen LogP contribution in [0.4, 0.5) is 8.78 Å². The molecule has 84 valence electrons. The summed E-state index contributed by atoms with van der Waals surface area (Å²) in [6.07, 6.45) is 0.104. The smallest absolute Gasteiger partial charge is 0.209 e. The fraction of sp³-hybridized carbons (Fsp3) is 0.400. The van der Waals surface area contributed by atoms with Crippen molar-refractivity contribution in [2.45, 2.75) is 25.8 Å². The molecule has 0 fully saturated rings. The molecule has 3 nitrogen and oxygen atoms in total. The van der Waals surface area contributed by atoms with Gasteiger partial charge in [0.15, 0.2) is 17.3 Å². The molecule has 0 atom stereocenters. The van der Waals surface area contributed by atoms with E-state index in [9.17, 15) is 13.9 Å². The Kier molecular flexibility index (Phi) is 2.86. The molecule has 0 saturated carbocycles. The van der Waals surface area contributed by atoms with Crippen molar-refractivity contribution in [2.24, 2.45) is 5.73 Å². The predicted octanol–water partition coefficient (Wildman–Crippen LogP) is 1.66. The maximum atomic E-state index is 13.0. The number of halogens is 2. The molecule has 0 aliphatic rings. The summed E-state index contributed by atoms with van der Waals surface area (Å²) in [4.78, 5) is 0. The van der Waals surface area contributed by atoms with Gasteiger partial charge in [-0.2, -0.15) is 4.39 Å². The van der Waals surface area contributed by atoms with Crippen LogP contribution in [0.25, 0.3) is 0 Å². The van der Waals surface area contributed by atoms with Crippen LogP contribution >= 0.6 is 0 Å². The van der Waals surface area contributed by atoms with Gasteiger partial charge in [0.1, 0.15) is 0 Å². The first kappa shape index (κ1) is 11.7. The molecule has 15 heavy (non-hydrogen) atoms. The summed E-state index contributed by atoms with van der Waals surface area (Å²) < 4.78 is 26.0. The van der Waals surface area contributed by atoms with E-state index in [2.05, 4.69) is 0 Å². The van der Waals surface area contributed by atoms with Crippen LogP contribution in [0.5, 0.6) is 11.5 Å². The molecule has 0 heterocycles. The molecule has 5 heteroatoms. The summed E-state index contributed by atoms with van der Waals surface area (Å²) in [5, 5.41) is 18.2. The lowest BCUT2D eigenvalue weighted by molar-refractivity contribution is 0.359. The van der Waals surface area contributed by atoms with E-state index in [0.717, 1.165) is 6.07 Å². The highest BCUT2D eigenvalue weighted by Crippen LogP contribution is 2.32. The van der Waals surface area contributed by atoms with Gasteiger partial charge in [-0.05, 0) is 26.3 Å². The van der Waals surface area contributed by atoms with E-state index in [4.69, 9.17) is 10.8 Å². The minimum absolute atomic E-state index is 0.0373. The highest BCUT2D eigenvalue weighted by Gasteiger charge is 2.21. The minimum Gasteiger partial charge on any atom is -0.505 e. The van der Waals surface area contributed by atoms with Crippen molar-refractivity contribution in [3.63, 3.8) is 0 Å². The molecule has 4 N–H and O–H groups in total. The summed E-state index contributed by atoms with van der Waals surface area (Å²) in [5.74, 6) is -4.39. The van der Waals surface area contributed by atoms with Gasteiger partial charge < -0.3 is 15.9 Å². The van der Waals surface area contributed by atoms with E-state index in [1.165, 1.54) is 0 Å². The zero-order valence-electron chi connectivity index (χ0n) is 8.51. The maximum Gasteiger partial charge on any atom is 0.209 e. The molecule has 1 aromatic carbocycles. The second-order valence-corrected chi connectivity index (χ2v) is 4.19. The lowest BCUT2D eigenvalue weighted by atomic mass is 9.95. The summed E-state index contributed by atoms with van der Waals surface area (Å²) in [6, 6.07) is 0.877. The maximum absolute atomic E-state index is 13.0. The number of phenolic OH excluding ortho intramolecular Hbond substituents is 2. The van der Waals surface area contributed by atoms with Crippen LogP contribution in [0.15, 0.2) is 6.07 Å². The van der Waals surface area contributed by atoms with Crippen LogP contribution in [0, 0.1) is 11.6 Å². The number of aromatic hydroxyl groups is 2. The molecule has 0 aliphatic heterocycles. The van der Waals surface area contributed by atoms with Gasteiger partial charge >= 0.3 is 0 Å². The molecule has 0 radical (unpaired) electrons. The largest absolute Gasteiger partial charge is 0.505 e. The van der Waals surface area contributed by atoms with Gasteiger partial charge in [-0.25, -0.2) is 4.39 Å². The second kappa shape index (κ2) is 3.66. The van der Waals surface area contributed by atoms with Gasteiger partial charge in [-0.1, -0.05) is 0 Å². The first-order chi connectivity index (χ1) is 6.72. The van der Waals surface area contributed by atoms with Gasteiger partial charge in [0, 0.05) is 11.1 Å². The summed E-state index contributed by atoms with van der Waals surface area (Å²) in [7, 11) is 0. The van der Waals surface area contributed by atoms with Crippen molar-refractivity contribution in [1.29, 1.82) is 0 Å². The normalized spacial score (nSPS) is 11.8. The fourth-order valence-electron chi connectivity index (χ4n) is 1.27. The third-order valence-electron chi connectivity index (χ3n) is 1.89. The molecule has 1 rings (SSSR count). The average Bonchev–Trinajstić information content (AvgIpc) is 2.08. The Balaban J connectivity index is 3.21. The topological polar surface area (TPSA) is 66.5 Å². The summed E-state index contributed by atoms with van der Waals surface area (Å²) in [6.45, 7) is 3.32. The molecule has 1 aromatic rings. The standard InChI is InChI=1S/C10H13F2NO2/c1-10(2,13)4-5-3-6(11)9(15)7(12)8(5)14/h3,14-15H,4,13H2,1-2H3. The number of hydrogen-bond acceptors (Lipinski definition) is 3. The molecule has 0 spiro atoms. The Labute approximate surface area is 86.2 Å². The predicted molar refractivity (Wildman–Crippen MR) is 51.7 cm³/mol. The zero-order chi connectivity index (χ0) is 11.8. The highest BCUT2D eigenvalue weighted by molar-refractivity contribution is 5.42. The first-order valence-electron chi connectivity index (χ1n) is 4.40. The fourth-order valence-corrected chi connectivity index (χ4v) is 1.27. The zero-order valence-corrected chi connectivity index (χ0v) is 8.51. The van der Waals surface area contributed by atoms with Crippen molar-refractivity contribution in [2.75, 3.05) is 0 Å². The molecule has 0 unspecified atom stereocenters. The molecule has 0 bridgehead atoms. The van der Waals surface area contributed by atoms with Crippen LogP contribution in [0.3, 0.4) is 0 Å². The van der Waals surface area contributed by atoms with Crippen LogP contribution < -0.4 is 5.73 Å². The summed E-state index contributed by atoms with van der Waals surface area (Å²) in [5.41, 5.74) is 4.99. The number of nitrogens with two attached hydrogens (primary N) is 1. The Morgan fingerprint density at radius 2 is 1.80 bits per heavy atom. The Morgan fingerprint density at radius 3 is 2.27 bits per heavy atom. The van der Waals surface area contributed by atoms with E-state index in [1.54, 1.807) is 13.8 Å². The monoisotopic (exact) mass is 217 g/mol. The number of benzene rings is 1. The van der Waals surface area contributed by atoms with E-state index < -0.39 is 28.7 Å². The highest BCUT2D eigenvalue weighted by atomic mass is 19.1. The third-order valence-corrected chi connectivity index (χ3v) is 1.89. The average molecular weight is 217 g/mol. The van der Waals surface area contributed by atoms with Gasteiger partial charge in [-0.3, -0.25) is 0 Å². The third kappa shape index (κ3) is 2.56. The molecule has 0 aliphatic carbocycles. The van der Waals surface area contributed by atoms with Crippen molar-refractivity contribution < 1.29 is 19.0 Å². The molecular weight excluding hydrogens is 204 g/mol. The Bertz CT molecular complexity index is 386. The van der Waals surface area contributed by atoms with Gasteiger partial charge in [-0.15, -0.1) is 0 Å². The van der Waals surface area contributed by atoms with Crippen LogP contribution in [0.1, 0.15) is 19.4 Å². The minimum atomic E-state index is -1.35. The number of hydrogen-bond donors (Lipinski definition) is 3. The molecule has 0 aromatic heterocycles. The van der Waals surface area contributed by atoms with Crippen LogP contribution in [0.2, 0.25) is 0 Å². The van der Waals surface area contributed by atoms with Gasteiger partial charge in [0.2, 0.25) is 5.82 Å². The lowest BCUT2D eigenvalue weighted by Gasteiger charge is -2.19. The van der Waals surface area contributed by atoms with E-state index >= 15 is 0 Å². The van der Waals surface area contributed by atoms with Gasteiger partial charge in [0.05, 0.1) is 0 Å². The quantitative estimate of drug-likeness (QED) is 0.705. The van der Waals surface area contributed by atoms with Crippen molar-refractivity contribution in [1.82, 2.24) is 0 Å². The second-order valence-electron chi connectivity index (χ2n) is 4.19. The van der Waals surface area contributed by atoms with Crippen molar-refractivity contribution >= 4 is 0 Å². The molecule has 0 saturated heterocycles. The van der Waals surface area contributed by atoms with Crippen molar-refractivity contribution in [3.05, 3.63) is 23.3 Å². The molecular formula is C10H13F2NO2. The van der Waals surface area contributed by atoms with E-state index in [1.807, 2.05) is 0 Å². The summed E-state index contributed by atoms with van der Waals surface area (Å²) >= 11 is 0. The SMILES string of the molecule is CC(C)(N)Cc1cc(F)c(O)c(F)c1O. The lowest BCUT2D eigenvalue weighted by Crippen LogP contribution is -2.34.